The predicted molar refractivity (Wildman–Crippen MR) is 121 cm³/mol. The van der Waals surface area contributed by atoms with Gasteiger partial charge < -0.3 is 16.4 Å². The normalized spacial score (nSPS) is 19.6. The number of hydrogen-bond donors (Lipinski definition) is 3. The van der Waals surface area contributed by atoms with Crippen LogP contribution in [0.5, 0.6) is 0 Å². The first-order chi connectivity index (χ1) is 14.9. The molecule has 0 radical (unpaired) electrons. The molecule has 1 heterocycles. The Morgan fingerprint density at radius 2 is 1.74 bits per heavy atom. The molecule has 1 aromatic carbocycles. The summed E-state index contributed by atoms with van der Waals surface area (Å²) in [6.45, 7) is 2.82. The van der Waals surface area contributed by atoms with E-state index in [1.807, 2.05) is 6.92 Å². The lowest BCUT2D eigenvalue weighted by molar-refractivity contribution is -0.125. The molecule has 8 nitrogen and oxygen atoms in total. The van der Waals surface area contributed by atoms with Crippen LogP contribution in [0.1, 0.15) is 38.2 Å². The van der Waals surface area contributed by atoms with Crippen LogP contribution in [0.2, 0.25) is 0 Å². The van der Waals surface area contributed by atoms with Gasteiger partial charge in [-0.05, 0) is 62.4 Å². The minimum atomic E-state index is -3.42. The lowest BCUT2D eigenvalue weighted by Crippen LogP contribution is -2.36. The van der Waals surface area contributed by atoms with Gasteiger partial charge in [-0.15, -0.1) is 0 Å². The third-order valence-corrected chi connectivity index (χ3v) is 7.75. The smallest absolute Gasteiger partial charge is 0.223 e. The molecule has 9 heteroatoms. The molecule has 0 bridgehead atoms. The van der Waals surface area contributed by atoms with Crippen LogP contribution >= 0.6 is 0 Å². The number of sulfone groups is 1. The first-order valence-corrected chi connectivity index (χ1v) is 12.0. The van der Waals surface area contributed by atoms with Gasteiger partial charge in [0.1, 0.15) is 0 Å². The van der Waals surface area contributed by atoms with Crippen LogP contribution in [0, 0.1) is 5.92 Å². The molecule has 1 aliphatic carbocycles. The molecule has 0 aliphatic heterocycles. The molecule has 1 saturated carbocycles. The Kier molecular flexibility index (Phi) is 7.62. The summed E-state index contributed by atoms with van der Waals surface area (Å²) >= 11 is 0. The van der Waals surface area contributed by atoms with E-state index in [1.54, 1.807) is 48.8 Å². The number of benzene rings is 1. The highest BCUT2D eigenvalue weighted by atomic mass is 32.2. The second-order valence-electron chi connectivity index (χ2n) is 7.62. The van der Waals surface area contributed by atoms with Crippen LogP contribution in [0.25, 0.3) is 0 Å². The molecule has 2 aromatic rings. The molecule has 3 rings (SSSR count). The highest BCUT2D eigenvalue weighted by molar-refractivity contribution is 7.92. The Balaban J connectivity index is 1.57. The molecule has 1 amide bonds. The zero-order valence-electron chi connectivity index (χ0n) is 17.6. The molecule has 0 unspecified atom stereocenters. The minimum Gasteiger partial charge on any atom is -0.370 e. The highest BCUT2D eigenvalue weighted by Gasteiger charge is 2.34. The molecule has 0 saturated heterocycles. The molecule has 1 aromatic heterocycles. The summed E-state index contributed by atoms with van der Waals surface area (Å²) in [4.78, 5) is 20.5. The Bertz CT molecular complexity index is 999. The summed E-state index contributed by atoms with van der Waals surface area (Å²) in [5.41, 5.74) is 7.55. The molecule has 166 valence electrons. The summed E-state index contributed by atoms with van der Waals surface area (Å²) in [6, 6.07) is 10.3. The summed E-state index contributed by atoms with van der Waals surface area (Å²) in [5, 5.41) is 5.36. The topological polar surface area (TPSA) is 127 Å². The molecule has 0 atom stereocenters. The quantitative estimate of drug-likeness (QED) is 0.446. The summed E-state index contributed by atoms with van der Waals surface area (Å²) in [7, 11) is -3.42. The van der Waals surface area contributed by atoms with Gasteiger partial charge in [-0.1, -0.05) is 12.1 Å². The van der Waals surface area contributed by atoms with E-state index in [4.69, 9.17) is 5.73 Å². The van der Waals surface area contributed by atoms with E-state index in [9.17, 15) is 13.2 Å². The summed E-state index contributed by atoms with van der Waals surface area (Å²) in [6.07, 6.45) is 5.53. The van der Waals surface area contributed by atoms with Crippen molar-refractivity contribution in [3.05, 3.63) is 54.4 Å². The molecule has 4 N–H and O–H groups in total. The number of carbonyl (C=O) groups is 1. The van der Waals surface area contributed by atoms with Crippen LogP contribution in [-0.2, 0) is 21.2 Å². The standard InChI is InChI=1S/C22H29N5O3S/c1-2-25-21(28)17-5-9-20(10-6-17)31(29,30)19-7-3-16(4-8-19)15-26-22(23)27-18-11-13-24-14-12-18/h3-4,7-8,11-14,17,20H,2,5-6,9-10,15H2,1H3,(H,25,28)(H3,23,24,26,27). The highest BCUT2D eigenvalue weighted by Crippen LogP contribution is 2.32. The number of hydrogen-bond acceptors (Lipinski definition) is 5. The van der Waals surface area contributed by atoms with Gasteiger partial charge in [0.05, 0.1) is 16.7 Å². The van der Waals surface area contributed by atoms with Crippen LogP contribution < -0.4 is 16.4 Å². The molecular weight excluding hydrogens is 414 g/mol. The number of rotatable bonds is 7. The van der Waals surface area contributed by atoms with Gasteiger partial charge in [-0.3, -0.25) is 9.78 Å². The Labute approximate surface area is 183 Å². The van der Waals surface area contributed by atoms with Crippen molar-refractivity contribution < 1.29 is 13.2 Å². The number of pyridine rings is 1. The third kappa shape index (κ3) is 6.04. The van der Waals surface area contributed by atoms with Gasteiger partial charge in [-0.25, -0.2) is 13.4 Å². The number of nitrogens with two attached hydrogens (primary N) is 1. The number of nitrogens with one attached hydrogen (secondary N) is 2. The zero-order valence-corrected chi connectivity index (χ0v) is 18.4. The second-order valence-corrected chi connectivity index (χ2v) is 9.85. The van der Waals surface area contributed by atoms with E-state index < -0.39 is 15.1 Å². The fourth-order valence-electron chi connectivity index (χ4n) is 3.73. The molecule has 1 aliphatic rings. The van der Waals surface area contributed by atoms with E-state index in [0.29, 0.717) is 43.7 Å². The van der Waals surface area contributed by atoms with Crippen molar-refractivity contribution in [1.82, 2.24) is 10.3 Å². The van der Waals surface area contributed by atoms with Crippen molar-refractivity contribution in [2.45, 2.75) is 49.3 Å². The zero-order chi connectivity index (χ0) is 22.3. The van der Waals surface area contributed by atoms with Crippen LogP contribution in [0.15, 0.2) is 58.7 Å². The number of anilines is 1. The fourth-order valence-corrected chi connectivity index (χ4v) is 5.52. The minimum absolute atomic E-state index is 0.0287. The van der Waals surface area contributed by atoms with E-state index >= 15 is 0 Å². The van der Waals surface area contributed by atoms with Crippen molar-refractivity contribution in [2.75, 3.05) is 11.9 Å². The monoisotopic (exact) mass is 443 g/mol. The molecule has 31 heavy (non-hydrogen) atoms. The van der Waals surface area contributed by atoms with Gasteiger partial charge in [0.15, 0.2) is 15.8 Å². The Hall–Kier alpha value is -2.94. The van der Waals surface area contributed by atoms with E-state index in [2.05, 4.69) is 20.6 Å². The van der Waals surface area contributed by atoms with Gasteiger partial charge in [0.2, 0.25) is 5.91 Å². The second kappa shape index (κ2) is 10.4. The van der Waals surface area contributed by atoms with E-state index in [-0.39, 0.29) is 17.8 Å². The number of carbonyl (C=O) groups excluding carboxylic acids is 1. The maximum Gasteiger partial charge on any atom is 0.223 e. The van der Waals surface area contributed by atoms with Gasteiger partial charge in [-0.2, -0.15) is 0 Å². The van der Waals surface area contributed by atoms with Gasteiger partial charge in [0.25, 0.3) is 0 Å². The first kappa shape index (κ1) is 22.7. The van der Waals surface area contributed by atoms with Crippen molar-refractivity contribution in [3.8, 4) is 0 Å². The number of aromatic nitrogens is 1. The van der Waals surface area contributed by atoms with Crippen molar-refractivity contribution in [1.29, 1.82) is 0 Å². The lowest BCUT2D eigenvalue weighted by atomic mass is 9.88. The SMILES string of the molecule is CCNC(=O)C1CCC(S(=O)(=O)c2ccc(CN=C(N)Nc3ccncc3)cc2)CC1. The lowest BCUT2D eigenvalue weighted by Gasteiger charge is -2.27. The third-order valence-electron chi connectivity index (χ3n) is 5.47. The van der Waals surface area contributed by atoms with Gasteiger partial charge >= 0.3 is 0 Å². The van der Waals surface area contributed by atoms with Crippen molar-refractivity contribution in [2.24, 2.45) is 16.6 Å². The largest absolute Gasteiger partial charge is 0.370 e. The van der Waals surface area contributed by atoms with E-state index in [0.717, 1.165) is 11.3 Å². The summed E-state index contributed by atoms with van der Waals surface area (Å²) < 4.78 is 26.0. The maximum absolute atomic E-state index is 13.0. The van der Waals surface area contributed by atoms with E-state index in [1.165, 1.54) is 0 Å². The number of amides is 1. The Morgan fingerprint density at radius 3 is 2.35 bits per heavy atom. The van der Waals surface area contributed by atoms with Gasteiger partial charge in [0, 0.05) is 30.5 Å². The summed E-state index contributed by atoms with van der Waals surface area (Å²) in [5.74, 6) is 0.213. The van der Waals surface area contributed by atoms with Crippen molar-refractivity contribution in [3.63, 3.8) is 0 Å². The maximum atomic E-state index is 13.0. The van der Waals surface area contributed by atoms with Crippen LogP contribution in [0.3, 0.4) is 0 Å². The van der Waals surface area contributed by atoms with Crippen LogP contribution in [0.4, 0.5) is 5.69 Å². The molecular formula is C22H29N5O3S. The number of nitrogens with zero attached hydrogens (tertiary/aromatic N) is 2. The fraction of sp³-hybridized carbons (Fsp3) is 0.409. The number of guanidine groups is 1. The Morgan fingerprint density at radius 1 is 1.10 bits per heavy atom. The van der Waals surface area contributed by atoms with Crippen LogP contribution in [-0.4, -0.2) is 37.1 Å². The predicted octanol–water partition coefficient (Wildman–Crippen LogP) is 2.48. The van der Waals surface area contributed by atoms with Crippen molar-refractivity contribution >= 4 is 27.4 Å². The average molecular weight is 444 g/mol. The average Bonchev–Trinajstić information content (AvgIpc) is 2.79. The first-order valence-electron chi connectivity index (χ1n) is 10.5. The molecule has 0 spiro atoms. The molecule has 1 fully saturated rings. The number of aliphatic imine (C=N–C) groups is 1.